The molecule has 39 heavy (non-hydrogen) atoms. The first-order valence-electron chi connectivity index (χ1n) is 12.4. The quantitative estimate of drug-likeness (QED) is 0.206. The van der Waals surface area contributed by atoms with Gasteiger partial charge in [0, 0.05) is 28.1 Å². The maximum Gasteiger partial charge on any atom is 0.158 e. The lowest BCUT2D eigenvalue weighted by molar-refractivity contribution is 0.478. The summed E-state index contributed by atoms with van der Waals surface area (Å²) in [5, 5.41) is 0. The number of ether oxygens (including phenoxy) is 1. The van der Waals surface area contributed by atoms with E-state index in [0.717, 1.165) is 16.7 Å². The molecule has 0 radical (unpaired) electrons. The summed E-state index contributed by atoms with van der Waals surface area (Å²) < 4.78 is 6.53. The molecule has 0 spiro atoms. The van der Waals surface area contributed by atoms with Crippen LogP contribution in [0.4, 0.5) is 11.4 Å². The summed E-state index contributed by atoms with van der Waals surface area (Å²) in [5.41, 5.74) is 18.1. The van der Waals surface area contributed by atoms with E-state index in [-0.39, 0.29) is 0 Å². The molecule has 5 aromatic rings. The van der Waals surface area contributed by atoms with Crippen LogP contribution < -0.4 is 16.2 Å². The van der Waals surface area contributed by atoms with Crippen LogP contribution in [-0.2, 0) is 0 Å². The molecule has 184 valence electrons. The number of nitrogen functional groups attached to an aromatic ring is 2. The Kier molecular flexibility index (Phi) is 7.61. The zero-order chi connectivity index (χ0) is 26.9. The fraction of sp³-hybridized carbons (Fsp3) is 0. The topological polar surface area (TPSA) is 61.3 Å². The van der Waals surface area contributed by atoms with Gasteiger partial charge in [-0.3, -0.25) is 0 Å². The van der Waals surface area contributed by atoms with E-state index in [4.69, 9.17) is 16.2 Å². The van der Waals surface area contributed by atoms with Crippen LogP contribution in [0.1, 0.15) is 33.4 Å². The maximum atomic E-state index is 6.53. The van der Waals surface area contributed by atoms with Crippen LogP contribution in [0.15, 0.2) is 121 Å². The maximum absolute atomic E-state index is 6.53. The highest BCUT2D eigenvalue weighted by atomic mass is 16.5. The number of hydrogen-bond acceptors (Lipinski definition) is 3. The molecular weight excluding hydrogens is 476 g/mol. The molecule has 4 N–H and O–H groups in total. The largest absolute Gasteiger partial charge is 0.453 e. The van der Waals surface area contributed by atoms with Crippen molar-refractivity contribution in [2.24, 2.45) is 0 Å². The number of anilines is 2. The second-order valence-corrected chi connectivity index (χ2v) is 8.65. The zero-order valence-electron chi connectivity index (χ0n) is 21.1. The van der Waals surface area contributed by atoms with E-state index in [1.54, 1.807) is 24.3 Å². The molecule has 0 aliphatic carbocycles. The van der Waals surface area contributed by atoms with Gasteiger partial charge in [0.05, 0.1) is 16.7 Å². The van der Waals surface area contributed by atoms with Gasteiger partial charge >= 0.3 is 0 Å². The van der Waals surface area contributed by atoms with Crippen molar-refractivity contribution in [3.63, 3.8) is 0 Å². The van der Waals surface area contributed by atoms with Gasteiger partial charge in [0.25, 0.3) is 0 Å². The Hall–Kier alpha value is -5.82. The van der Waals surface area contributed by atoms with Gasteiger partial charge in [0.1, 0.15) is 5.75 Å². The third kappa shape index (κ3) is 6.69. The molecule has 5 aromatic carbocycles. The van der Waals surface area contributed by atoms with Crippen LogP contribution in [0.5, 0.6) is 11.5 Å². The van der Waals surface area contributed by atoms with Crippen molar-refractivity contribution in [2.45, 2.75) is 0 Å². The van der Waals surface area contributed by atoms with E-state index in [9.17, 15) is 0 Å². The predicted molar refractivity (Wildman–Crippen MR) is 159 cm³/mol. The van der Waals surface area contributed by atoms with E-state index < -0.39 is 0 Å². The summed E-state index contributed by atoms with van der Waals surface area (Å²) in [5.74, 6) is 20.3. The lowest BCUT2D eigenvalue weighted by Gasteiger charge is -2.13. The van der Waals surface area contributed by atoms with Crippen LogP contribution in [0.2, 0.25) is 0 Å². The molecule has 0 bridgehead atoms. The van der Waals surface area contributed by atoms with Crippen LogP contribution in [0.3, 0.4) is 0 Å². The lowest BCUT2D eigenvalue weighted by Crippen LogP contribution is -1.98. The van der Waals surface area contributed by atoms with Crippen molar-refractivity contribution in [1.82, 2.24) is 0 Å². The Morgan fingerprint density at radius 2 is 0.821 bits per heavy atom. The minimum atomic E-state index is 0.503. The third-order valence-electron chi connectivity index (χ3n) is 5.67. The Morgan fingerprint density at radius 1 is 0.410 bits per heavy atom. The minimum Gasteiger partial charge on any atom is -0.453 e. The second-order valence-electron chi connectivity index (χ2n) is 8.65. The zero-order valence-corrected chi connectivity index (χ0v) is 21.1. The second kappa shape index (κ2) is 11.9. The monoisotopic (exact) mass is 500 g/mol. The molecule has 0 heterocycles. The van der Waals surface area contributed by atoms with Gasteiger partial charge in [-0.25, -0.2) is 0 Å². The van der Waals surface area contributed by atoms with Gasteiger partial charge in [0.15, 0.2) is 5.75 Å². The van der Waals surface area contributed by atoms with Crippen molar-refractivity contribution in [3.8, 4) is 47.0 Å². The minimum absolute atomic E-state index is 0.503. The van der Waals surface area contributed by atoms with Gasteiger partial charge in [-0.15, -0.1) is 0 Å². The highest BCUT2D eigenvalue weighted by molar-refractivity contribution is 5.67. The number of hydrogen-bond donors (Lipinski definition) is 2. The fourth-order valence-corrected chi connectivity index (χ4v) is 3.77. The highest BCUT2D eigenvalue weighted by Gasteiger charge is 2.13. The first-order valence-corrected chi connectivity index (χ1v) is 12.4. The van der Waals surface area contributed by atoms with Crippen molar-refractivity contribution in [1.29, 1.82) is 0 Å². The molecular formula is C36H24N2O. The average Bonchev–Trinajstić information content (AvgIpc) is 2.97. The van der Waals surface area contributed by atoms with Gasteiger partial charge in [-0.05, 0) is 66.7 Å². The molecule has 0 fully saturated rings. The number of nitrogens with two attached hydrogens (primary N) is 2. The molecule has 3 heteroatoms. The van der Waals surface area contributed by atoms with Gasteiger partial charge in [0.2, 0.25) is 0 Å². The van der Waals surface area contributed by atoms with Gasteiger partial charge in [-0.2, -0.15) is 0 Å². The molecule has 3 nitrogen and oxygen atoms in total. The van der Waals surface area contributed by atoms with E-state index in [1.807, 2.05) is 97.1 Å². The SMILES string of the molecule is Nc1ccc(Oc2c(C#Cc3ccccc3)cc(N)cc2C#Cc2ccccc2)c(C#Cc2ccccc2)c1. The number of rotatable bonds is 2. The molecule has 0 aliphatic heterocycles. The van der Waals surface area contributed by atoms with Gasteiger partial charge < -0.3 is 16.2 Å². The van der Waals surface area contributed by atoms with E-state index >= 15 is 0 Å². The molecule has 0 aromatic heterocycles. The van der Waals surface area contributed by atoms with Crippen LogP contribution in [-0.4, -0.2) is 0 Å². The summed E-state index contributed by atoms with van der Waals surface area (Å²) in [4.78, 5) is 0. The third-order valence-corrected chi connectivity index (χ3v) is 5.67. The van der Waals surface area contributed by atoms with Crippen LogP contribution in [0.25, 0.3) is 0 Å². The molecule has 0 atom stereocenters. The Bertz CT molecular complexity index is 1710. The molecule has 0 saturated carbocycles. The lowest BCUT2D eigenvalue weighted by atomic mass is 10.1. The fourth-order valence-electron chi connectivity index (χ4n) is 3.77. The Labute approximate surface area is 229 Å². The summed E-state index contributed by atoms with van der Waals surface area (Å²) in [6.45, 7) is 0. The van der Waals surface area contributed by atoms with Crippen LogP contribution >= 0.6 is 0 Å². The summed E-state index contributed by atoms with van der Waals surface area (Å²) in [7, 11) is 0. The van der Waals surface area contributed by atoms with Crippen molar-refractivity contribution in [2.75, 3.05) is 11.5 Å². The van der Waals surface area contributed by atoms with E-state index in [2.05, 4.69) is 35.5 Å². The first kappa shape index (κ1) is 24.9. The predicted octanol–water partition coefficient (Wildman–Crippen LogP) is 6.84. The normalized spacial score (nSPS) is 9.64. The summed E-state index contributed by atoms with van der Waals surface area (Å²) >= 11 is 0. The summed E-state index contributed by atoms with van der Waals surface area (Å²) in [6, 6.07) is 38.3. The van der Waals surface area contributed by atoms with Crippen molar-refractivity contribution >= 4 is 11.4 Å². The smallest absolute Gasteiger partial charge is 0.158 e. The van der Waals surface area contributed by atoms with Gasteiger partial charge in [-0.1, -0.05) is 90.1 Å². The first-order chi connectivity index (χ1) is 19.1. The van der Waals surface area contributed by atoms with E-state index in [0.29, 0.717) is 39.6 Å². The average molecular weight is 501 g/mol. The summed E-state index contributed by atoms with van der Waals surface area (Å²) in [6.07, 6.45) is 0. The molecule has 0 amide bonds. The van der Waals surface area contributed by atoms with E-state index in [1.165, 1.54) is 0 Å². The Morgan fingerprint density at radius 3 is 1.28 bits per heavy atom. The molecule has 0 saturated heterocycles. The molecule has 0 aliphatic rings. The number of benzene rings is 5. The Balaban J connectivity index is 1.62. The molecule has 0 unspecified atom stereocenters. The molecule has 5 rings (SSSR count). The van der Waals surface area contributed by atoms with Crippen LogP contribution in [0, 0.1) is 35.5 Å². The highest BCUT2D eigenvalue weighted by Crippen LogP contribution is 2.33. The van der Waals surface area contributed by atoms with Crippen molar-refractivity contribution < 1.29 is 4.74 Å². The standard InChI is InChI=1S/C36H24N2O/c37-33-22-23-35(30(24-33)19-16-27-10-4-1-5-11-27)39-36-31(20-17-28-12-6-2-7-13-28)25-34(38)26-32(36)21-18-29-14-8-3-9-15-29/h1-15,22-26H,37-38H2. The van der Waals surface area contributed by atoms with Crippen molar-refractivity contribution in [3.05, 3.63) is 155 Å².